The molecule has 0 aliphatic heterocycles. The largest absolute Gasteiger partial charge is 0.440 e. The molecule has 0 saturated heterocycles. The van der Waals surface area contributed by atoms with E-state index < -0.39 is 0 Å². The first-order valence-corrected chi connectivity index (χ1v) is 5.12. The molecule has 1 aliphatic rings. The van der Waals surface area contributed by atoms with Gasteiger partial charge in [-0.3, -0.25) is 0 Å². The van der Waals surface area contributed by atoms with Crippen LogP contribution < -0.4 is 0 Å². The first-order chi connectivity index (χ1) is 6.75. The van der Waals surface area contributed by atoms with E-state index in [9.17, 15) is 0 Å². The van der Waals surface area contributed by atoms with Crippen LogP contribution in [0, 0.1) is 13.8 Å². The molecule has 2 nitrogen and oxygen atoms in total. The van der Waals surface area contributed by atoms with Crippen molar-refractivity contribution in [1.82, 2.24) is 4.98 Å². The van der Waals surface area contributed by atoms with Gasteiger partial charge in [0.25, 0.3) is 0 Å². The Morgan fingerprint density at radius 1 is 1.21 bits per heavy atom. The number of oxazole rings is 1. The van der Waals surface area contributed by atoms with E-state index in [1.165, 1.54) is 24.0 Å². The summed E-state index contributed by atoms with van der Waals surface area (Å²) in [6, 6.07) is 4.20. The summed E-state index contributed by atoms with van der Waals surface area (Å²) in [5, 5.41) is 0. The Morgan fingerprint density at radius 3 is 2.57 bits per heavy atom. The van der Waals surface area contributed by atoms with Crippen LogP contribution in [0.15, 0.2) is 16.5 Å². The van der Waals surface area contributed by atoms with Gasteiger partial charge in [0.1, 0.15) is 5.52 Å². The van der Waals surface area contributed by atoms with E-state index in [0.29, 0.717) is 5.92 Å². The number of fused-ring (bicyclic) bond motifs is 1. The smallest absolute Gasteiger partial charge is 0.198 e. The van der Waals surface area contributed by atoms with Gasteiger partial charge in [0.15, 0.2) is 11.5 Å². The van der Waals surface area contributed by atoms with Crippen molar-refractivity contribution in [2.24, 2.45) is 0 Å². The molecule has 0 atom stereocenters. The number of nitrogens with zero attached hydrogens (tertiary/aromatic N) is 1. The molecular weight excluding hydrogens is 174 g/mol. The molecule has 1 heterocycles. The van der Waals surface area contributed by atoms with Gasteiger partial charge in [-0.15, -0.1) is 0 Å². The van der Waals surface area contributed by atoms with Crippen LogP contribution >= 0.6 is 0 Å². The van der Waals surface area contributed by atoms with E-state index in [4.69, 9.17) is 4.42 Å². The minimum Gasteiger partial charge on any atom is -0.440 e. The summed E-state index contributed by atoms with van der Waals surface area (Å²) >= 11 is 0. The fraction of sp³-hybridized carbons (Fsp3) is 0.417. The monoisotopic (exact) mass is 187 g/mol. The molecule has 1 aliphatic carbocycles. The van der Waals surface area contributed by atoms with E-state index in [1.54, 1.807) is 0 Å². The zero-order valence-electron chi connectivity index (χ0n) is 8.50. The van der Waals surface area contributed by atoms with Crippen LogP contribution in [0.3, 0.4) is 0 Å². The third-order valence-corrected chi connectivity index (χ3v) is 2.89. The molecule has 0 radical (unpaired) electrons. The maximum atomic E-state index is 5.79. The van der Waals surface area contributed by atoms with Crippen molar-refractivity contribution in [2.75, 3.05) is 0 Å². The molecule has 1 fully saturated rings. The van der Waals surface area contributed by atoms with Crippen molar-refractivity contribution in [3.63, 3.8) is 0 Å². The van der Waals surface area contributed by atoms with Gasteiger partial charge in [-0.25, -0.2) is 4.98 Å². The van der Waals surface area contributed by atoms with Crippen LogP contribution in [-0.2, 0) is 0 Å². The Hall–Kier alpha value is -1.31. The van der Waals surface area contributed by atoms with E-state index in [1.807, 2.05) is 0 Å². The van der Waals surface area contributed by atoms with Crippen LogP contribution in [0.5, 0.6) is 0 Å². The molecule has 1 aromatic heterocycles. The Bertz CT molecular complexity index is 455. The maximum absolute atomic E-state index is 5.79. The highest BCUT2D eigenvalue weighted by Crippen LogP contribution is 2.41. The first kappa shape index (κ1) is 8.04. The predicted molar refractivity (Wildman–Crippen MR) is 55.5 cm³/mol. The van der Waals surface area contributed by atoms with Crippen molar-refractivity contribution in [3.8, 4) is 0 Å². The minimum atomic E-state index is 0.598. The van der Waals surface area contributed by atoms with Crippen molar-refractivity contribution in [2.45, 2.75) is 32.6 Å². The second-order valence-corrected chi connectivity index (χ2v) is 4.20. The highest BCUT2D eigenvalue weighted by molar-refractivity contribution is 5.79. The molecule has 2 heteroatoms. The third-order valence-electron chi connectivity index (χ3n) is 2.89. The SMILES string of the molecule is Cc1ccc(C)c2oc(C3CC3)nc12. The molecular formula is C12H13NO. The molecule has 2 aromatic rings. The quantitative estimate of drug-likeness (QED) is 0.684. The summed E-state index contributed by atoms with van der Waals surface area (Å²) < 4.78 is 5.79. The van der Waals surface area contributed by atoms with Gasteiger partial charge < -0.3 is 4.42 Å². The summed E-state index contributed by atoms with van der Waals surface area (Å²) in [6.45, 7) is 4.16. The van der Waals surface area contributed by atoms with Crippen LogP contribution in [0.4, 0.5) is 0 Å². The van der Waals surface area contributed by atoms with Gasteiger partial charge in [0.2, 0.25) is 0 Å². The van der Waals surface area contributed by atoms with Gasteiger partial charge in [-0.2, -0.15) is 0 Å². The summed E-state index contributed by atoms with van der Waals surface area (Å²) in [7, 11) is 0. The standard InChI is InChI=1S/C12H13NO/c1-7-3-4-8(2)11-10(7)13-12(14-11)9-5-6-9/h3-4,9H,5-6H2,1-2H3. The zero-order chi connectivity index (χ0) is 9.71. The first-order valence-electron chi connectivity index (χ1n) is 5.12. The molecule has 1 aromatic carbocycles. The zero-order valence-corrected chi connectivity index (χ0v) is 8.50. The summed E-state index contributed by atoms with van der Waals surface area (Å²) in [5.41, 5.74) is 4.42. The maximum Gasteiger partial charge on any atom is 0.198 e. The van der Waals surface area contributed by atoms with Gasteiger partial charge >= 0.3 is 0 Å². The lowest BCUT2D eigenvalue weighted by Gasteiger charge is -1.94. The molecule has 72 valence electrons. The van der Waals surface area contributed by atoms with Crippen LogP contribution in [0.1, 0.15) is 35.8 Å². The van der Waals surface area contributed by atoms with Gasteiger partial charge in [-0.1, -0.05) is 12.1 Å². The van der Waals surface area contributed by atoms with Crippen molar-refractivity contribution < 1.29 is 4.42 Å². The topological polar surface area (TPSA) is 26.0 Å². The number of rotatable bonds is 1. The number of hydrogen-bond donors (Lipinski definition) is 0. The highest BCUT2D eigenvalue weighted by atomic mass is 16.3. The highest BCUT2D eigenvalue weighted by Gasteiger charge is 2.29. The number of hydrogen-bond acceptors (Lipinski definition) is 2. The lowest BCUT2D eigenvalue weighted by atomic mass is 10.1. The Labute approximate surface area is 82.9 Å². The summed E-state index contributed by atoms with van der Waals surface area (Å²) in [6.07, 6.45) is 2.48. The molecule has 0 amide bonds. The van der Waals surface area contributed by atoms with Crippen molar-refractivity contribution in [3.05, 3.63) is 29.2 Å². The number of aromatic nitrogens is 1. The summed E-state index contributed by atoms with van der Waals surface area (Å²) in [4.78, 5) is 4.57. The Kier molecular flexibility index (Phi) is 1.49. The van der Waals surface area contributed by atoms with Crippen LogP contribution in [-0.4, -0.2) is 4.98 Å². The minimum absolute atomic E-state index is 0.598. The van der Waals surface area contributed by atoms with Crippen LogP contribution in [0.2, 0.25) is 0 Å². The fourth-order valence-corrected chi connectivity index (χ4v) is 1.78. The van der Waals surface area contributed by atoms with Gasteiger partial charge in [0.05, 0.1) is 0 Å². The van der Waals surface area contributed by atoms with E-state index in [2.05, 4.69) is 31.0 Å². The molecule has 0 unspecified atom stereocenters. The summed E-state index contributed by atoms with van der Waals surface area (Å²) in [5.74, 6) is 1.54. The lowest BCUT2D eigenvalue weighted by Crippen LogP contribution is -1.79. The molecule has 14 heavy (non-hydrogen) atoms. The normalized spacial score (nSPS) is 16.4. The molecule has 0 N–H and O–H groups in total. The van der Waals surface area contributed by atoms with E-state index >= 15 is 0 Å². The Balaban J connectivity index is 2.30. The molecule has 3 rings (SSSR count). The van der Waals surface area contributed by atoms with E-state index in [-0.39, 0.29) is 0 Å². The van der Waals surface area contributed by atoms with Gasteiger partial charge in [-0.05, 0) is 37.8 Å². The number of benzene rings is 1. The van der Waals surface area contributed by atoms with Gasteiger partial charge in [0, 0.05) is 5.92 Å². The molecule has 0 spiro atoms. The second-order valence-electron chi connectivity index (χ2n) is 4.20. The average Bonchev–Trinajstić information content (AvgIpc) is 2.92. The predicted octanol–water partition coefficient (Wildman–Crippen LogP) is 3.32. The lowest BCUT2D eigenvalue weighted by molar-refractivity contribution is 0.531. The molecule has 0 bridgehead atoms. The Morgan fingerprint density at radius 2 is 1.93 bits per heavy atom. The number of aryl methyl sites for hydroxylation is 2. The van der Waals surface area contributed by atoms with E-state index in [0.717, 1.165) is 17.0 Å². The average molecular weight is 187 g/mol. The third kappa shape index (κ3) is 1.07. The van der Waals surface area contributed by atoms with Crippen molar-refractivity contribution >= 4 is 11.1 Å². The van der Waals surface area contributed by atoms with Crippen LogP contribution in [0.25, 0.3) is 11.1 Å². The fourth-order valence-electron chi connectivity index (χ4n) is 1.78. The van der Waals surface area contributed by atoms with Crippen molar-refractivity contribution in [1.29, 1.82) is 0 Å². The second kappa shape index (κ2) is 2.59. The molecule has 1 saturated carbocycles.